The van der Waals surface area contributed by atoms with Crippen LogP contribution in [0, 0.1) is 5.82 Å². The Hall–Kier alpha value is -2.00. The van der Waals surface area contributed by atoms with Crippen molar-refractivity contribution in [2.75, 3.05) is 13.7 Å². The van der Waals surface area contributed by atoms with E-state index in [0.29, 0.717) is 6.07 Å². The van der Waals surface area contributed by atoms with Gasteiger partial charge in [0, 0.05) is 6.54 Å². The first kappa shape index (κ1) is 16.1. The SMILES string of the molecule is COC(=O)CCNS(=O)(=O)c1ccc(F)c(C(=O)O)c1. The zero-order valence-corrected chi connectivity index (χ0v) is 11.2. The number of rotatable bonds is 6. The molecule has 7 nitrogen and oxygen atoms in total. The number of halogens is 1. The van der Waals surface area contributed by atoms with Crippen LogP contribution in [0.5, 0.6) is 0 Å². The fourth-order valence-corrected chi connectivity index (χ4v) is 2.37. The standard InChI is InChI=1S/C11H12FNO6S/c1-19-10(14)4-5-13-20(17,18)7-2-3-9(12)8(6-7)11(15)16/h2-3,6,13H,4-5H2,1H3,(H,15,16). The summed E-state index contributed by atoms with van der Waals surface area (Å²) in [6.07, 6.45) is -0.178. The summed E-state index contributed by atoms with van der Waals surface area (Å²) in [5, 5.41) is 8.72. The number of sulfonamides is 1. The summed E-state index contributed by atoms with van der Waals surface area (Å²) >= 11 is 0. The van der Waals surface area contributed by atoms with Gasteiger partial charge in [0.1, 0.15) is 5.82 Å². The molecule has 0 aliphatic rings. The van der Waals surface area contributed by atoms with E-state index in [1.165, 1.54) is 0 Å². The lowest BCUT2D eigenvalue weighted by atomic mass is 10.2. The van der Waals surface area contributed by atoms with Gasteiger partial charge in [-0.05, 0) is 18.2 Å². The molecule has 0 bridgehead atoms. The molecule has 110 valence electrons. The van der Waals surface area contributed by atoms with E-state index in [1.54, 1.807) is 0 Å². The molecular weight excluding hydrogens is 293 g/mol. The van der Waals surface area contributed by atoms with E-state index in [9.17, 15) is 22.4 Å². The van der Waals surface area contributed by atoms with Crippen molar-refractivity contribution in [2.24, 2.45) is 0 Å². The van der Waals surface area contributed by atoms with Crippen LogP contribution in [0.3, 0.4) is 0 Å². The second-order valence-corrected chi connectivity index (χ2v) is 5.44. The van der Waals surface area contributed by atoms with Gasteiger partial charge in [-0.25, -0.2) is 22.3 Å². The van der Waals surface area contributed by atoms with Crippen LogP contribution in [0.2, 0.25) is 0 Å². The van der Waals surface area contributed by atoms with Gasteiger partial charge in [-0.3, -0.25) is 4.79 Å². The van der Waals surface area contributed by atoms with E-state index in [-0.39, 0.29) is 13.0 Å². The second kappa shape index (κ2) is 6.44. The van der Waals surface area contributed by atoms with Crippen LogP contribution < -0.4 is 4.72 Å². The summed E-state index contributed by atoms with van der Waals surface area (Å²) in [5.74, 6) is -3.21. The highest BCUT2D eigenvalue weighted by Crippen LogP contribution is 2.15. The topological polar surface area (TPSA) is 110 Å². The number of carboxylic acid groups (broad SMARTS) is 1. The molecule has 0 radical (unpaired) electrons. The number of hydrogen-bond acceptors (Lipinski definition) is 5. The molecule has 0 saturated heterocycles. The summed E-state index contributed by atoms with van der Waals surface area (Å²) in [6.45, 7) is -0.214. The molecule has 0 saturated carbocycles. The molecule has 0 atom stereocenters. The van der Waals surface area contributed by atoms with Gasteiger partial charge < -0.3 is 9.84 Å². The van der Waals surface area contributed by atoms with Gasteiger partial charge in [0.2, 0.25) is 10.0 Å². The third-order valence-corrected chi connectivity index (χ3v) is 3.79. The van der Waals surface area contributed by atoms with Crippen LogP contribution in [-0.2, 0) is 19.6 Å². The number of carbonyl (C=O) groups excluding carboxylic acids is 1. The molecule has 0 aromatic heterocycles. The zero-order chi connectivity index (χ0) is 15.3. The van der Waals surface area contributed by atoms with Crippen molar-refractivity contribution in [1.29, 1.82) is 0 Å². The summed E-state index contributed by atoms with van der Waals surface area (Å²) in [6, 6.07) is 2.39. The van der Waals surface area contributed by atoms with E-state index in [2.05, 4.69) is 9.46 Å². The van der Waals surface area contributed by atoms with Gasteiger partial charge in [-0.1, -0.05) is 0 Å². The van der Waals surface area contributed by atoms with Gasteiger partial charge in [0.05, 0.1) is 24.0 Å². The molecule has 1 rings (SSSR count). The first-order chi connectivity index (χ1) is 9.27. The van der Waals surface area contributed by atoms with Crippen LogP contribution in [0.15, 0.2) is 23.1 Å². The van der Waals surface area contributed by atoms with E-state index < -0.39 is 38.2 Å². The average molecular weight is 305 g/mol. The van der Waals surface area contributed by atoms with Crippen molar-refractivity contribution in [2.45, 2.75) is 11.3 Å². The Morgan fingerprint density at radius 1 is 1.40 bits per heavy atom. The quantitative estimate of drug-likeness (QED) is 0.735. The van der Waals surface area contributed by atoms with Crippen molar-refractivity contribution in [3.63, 3.8) is 0 Å². The number of nitrogens with one attached hydrogen (secondary N) is 1. The number of benzene rings is 1. The average Bonchev–Trinajstić information content (AvgIpc) is 2.38. The van der Waals surface area contributed by atoms with Crippen molar-refractivity contribution >= 4 is 22.0 Å². The minimum absolute atomic E-state index is 0.178. The number of esters is 1. The Bertz CT molecular complexity index is 628. The number of ether oxygens (including phenoxy) is 1. The summed E-state index contributed by atoms with van der Waals surface area (Å²) < 4.78 is 43.2. The normalized spacial score (nSPS) is 11.1. The number of carbonyl (C=O) groups is 2. The van der Waals surface area contributed by atoms with Gasteiger partial charge in [-0.2, -0.15) is 0 Å². The van der Waals surface area contributed by atoms with Gasteiger partial charge >= 0.3 is 11.9 Å². The number of hydrogen-bond donors (Lipinski definition) is 2. The molecule has 2 N–H and O–H groups in total. The minimum Gasteiger partial charge on any atom is -0.478 e. The predicted octanol–water partition coefficient (Wildman–Crippen LogP) is 0.365. The maximum Gasteiger partial charge on any atom is 0.338 e. The molecule has 0 amide bonds. The Morgan fingerprint density at radius 2 is 2.05 bits per heavy atom. The molecule has 0 unspecified atom stereocenters. The number of aromatic carboxylic acids is 1. The Kier molecular flexibility index (Phi) is 5.17. The Morgan fingerprint density at radius 3 is 2.60 bits per heavy atom. The lowest BCUT2D eigenvalue weighted by Crippen LogP contribution is -2.26. The van der Waals surface area contributed by atoms with Gasteiger partial charge in [0.15, 0.2) is 0 Å². The third kappa shape index (κ3) is 4.00. The van der Waals surface area contributed by atoms with E-state index in [1.807, 2.05) is 0 Å². The minimum atomic E-state index is -4.02. The predicted molar refractivity (Wildman–Crippen MR) is 65.2 cm³/mol. The molecule has 0 spiro atoms. The largest absolute Gasteiger partial charge is 0.478 e. The van der Waals surface area contributed by atoms with Gasteiger partial charge in [0.25, 0.3) is 0 Å². The summed E-state index contributed by atoms with van der Waals surface area (Å²) in [5.41, 5.74) is -0.749. The highest BCUT2D eigenvalue weighted by molar-refractivity contribution is 7.89. The van der Waals surface area contributed by atoms with Crippen LogP contribution in [-0.4, -0.2) is 39.1 Å². The monoisotopic (exact) mass is 305 g/mol. The molecule has 20 heavy (non-hydrogen) atoms. The zero-order valence-electron chi connectivity index (χ0n) is 10.4. The number of carboxylic acids is 1. The van der Waals surface area contributed by atoms with Crippen molar-refractivity contribution < 1.29 is 32.2 Å². The van der Waals surface area contributed by atoms with Crippen molar-refractivity contribution in [1.82, 2.24) is 4.72 Å². The lowest BCUT2D eigenvalue weighted by molar-refractivity contribution is -0.140. The molecule has 9 heteroatoms. The molecule has 1 aromatic carbocycles. The van der Waals surface area contributed by atoms with Crippen molar-refractivity contribution in [3.8, 4) is 0 Å². The fraction of sp³-hybridized carbons (Fsp3) is 0.273. The van der Waals surface area contributed by atoms with Crippen LogP contribution in [0.1, 0.15) is 16.8 Å². The fourth-order valence-electron chi connectivity index (χ4n) is 1.31. The van der Waals surface area contributed by atoms with Crippen LogP contribution >= 0.6 is 0 Å². The maximum absolute atomic E-state index is 13.2. The number of methoxy groups -OCH3 is 1. The van der Waals surface area contributed by atoms with Crippen LogP contribution in [0.25, 0.3) is 0 Å². The summed E-state index contributed by atoms with van der Waals surface area (Å²) in [4.78, 5) is 21.2. The Labute approximate surface area is 114 Å². The molecule has 1 aromatic rings. The summed E-state index contributed by atoms with van der Waals surface area (Å²) in [7, 11) is -2.86. The smallest absolute Gasteiger partial charge is 0.338 e. The molecule has 0 fully saturated rings. The first-order valence-corrected chi connectivity index (χ1v) is 6.85. The lowest BCUT2D eigenvalue weighted by Gasteiger charge is -2.07. The molecule has 0 aliphatic heterocycles. The first-order valence-electron chi connectivity index (χ1n) is 5.37. The second-order valence-electron chi connectivity index (χ2n) is 3.67. The highest BCUT2D eigenvalue weighted by Gasteiger charge is 2.19. The van der Waals surface area contributed by atoms with Crippen LogP contribution in [0.4, 0.5) is 4.39 Å². The van der Waals surface area contributed by atoms with Gasteiger partial charge in [-0.15, -0.1) is 0 Å². The molecule has 0 heterocycles. The molecule has 0 aliphatic carbocycles. The Balaban J connectivity index is 2.90. The van der Waals surface area contributed by atoms with E-state index in [0.717, 1.165) is 19.2 Å². The van der Waals surface area contributed by atoms with E-state index >= 15 is 0 Å². The van der Waals surface area contributed by atoms with Crippen molar-refractivity contribution in [3.05, 3.63) is 29.6 Å². The third-order valence-electron chi connectivity index (χ3n) is 2.33. The highest BCUT2D eigenvalue weighted by atomic mass is 32.2. The molecular formula is C11H12FNO6S. The van der Waals surface area contributed by atoms with E-state index in [4.69, 9.17) is 5.11 Å². The maximum atomic E-state index is 13.2.